The molecule has 118 valence electrons. The van der Waals surface area contributed by atoms with Crippen molar-refractivity contribution in [3.63, 3.8) is 0 Å². The summed E-state index contributed by atoms with van der Waals surface area (Å²) >= 11 is 0.995. The van der Waals surface area contributed by atoms with Crippen LogP contribution in [0.15, 0.2) is 4.79 Å². The molecule has 0 fully saturated rings. The molecule has 0 aliphatic heterocycles. The lowest BCUT2D eigenvalue weighted by Gasteiger charge is -2.10. The van der Waals surface area contributed by atoms with Gasteiger partial charge in [0.25, 0.3) is 5.56 Å². The lowest BCUT2D eigenvalue weighted by Crippen LogP contribution is -2.25. The van der Waals surface area contributed by atoms with E-state index in [1.165, 1.54) is 4.57 Å². The van der Waals surface area contributed by atoms with Crippen LogP contribution in [0, 0.1) is 6.92 Å². The summed E-state index contributed by atoms with van der Waals surface area (Å²) in [6, 6.07) is 0. The van der Waals surface area contributed by atoms with Crippen molar-refractivity contribution in [1.82, 2.24) is 9.55 Å². The van der Waals surface area contributed by atoms with Crippen LogP contribution in [-0.2, 0) is 17.8 Å². The van der Waals surface area contributed by atoms with E-state index in [0.717, 1.165) is 11.3 Å². The minimum atomic E-state index is -1.07. The van der Waals surface area contributed by atoms with Crippen molar-refractivity contribution >= 4 is 33.5 Å². The highest BCUT2D eigenvalue weighted by molar-refractivity contribution is 7.20. The van der Waals surface area contributed by atoms with Gasteiger partial charge in [-0.15, -0.1) is 11.3 Å². The molecule has 2 N–H and O–H groups in total. The summed E-state index contributed by atoms with van der Waals surface area (Å²) < 4.78 is 1.45. The third kappa shape index (κ3) is 2.87. The summed E-state index contributed by atoms with van der Waals surface area (Å²) in [5.41, 5.74) is 0.119. The number of aromatic nitrogens is 2. The minimum absolute atomic E-state index is 0.0311. The topological polar surface area (TPSA) is 109 Å². The lowest BCUT2D eigenvalue weighted by atomic mass is 10.2. The van der Waals surface area contributed by atoms with Crippen molar-refractivity contribution in [1.29, 1.82) is 0 Å². The molecule has 2 heterocycles. The molecule has 0 saturated heterocycles. The molecule has 7 nitrogen and oxygen atoms in total. The Morgan fingerprint density at radius 3 is 2.55 bits per heavy atom. The Labute approximate surface area is 129 Å². The zero-order chi connectivity index (χ0) is 16.4. The van der Waals surface area contributed by atoms with Gasteiger partial charge in [0.1, 0.15) is 15.5 Å². The van der Waals surface area contributed by atoms with Crippen molar-refractivity contribution < 1.29 is 19.8 Å². The molecule has 2 aromatic rings. The normalized spacial score (nSPS) is 11.0. The predicted molar refractivity (Wildman–Crippen MR) is 81.8 cm³/mol. The molecule has 0 saturated carbocycles. The number of aromatic carboxylic acids is 1. The molecule has 0 bridgehead atoms. The Morgan fingerprint density at radius 1 is 1.32 bits per heavy atom. The van der Waals surface area contributed by atoms with E-state index in [1.807, 2.05) is 6.92 Å². The summed E-state index contributed by atoms with van der Waals surface area (Å²) in [7, 11) is 0. The van der Waals surface area contributed by atoms with E-state index in [0.29, 0.717) is 34.4 Å². The summed E-state index contributed by atoms with van der Waals surface area (Å²) in [6.45, 7) is 3.70. The van der Waals surface area contributed by atoms with Crippen LogP contribution < -0.4 is 5.56 Å². The van der Waals surface area contributed by atoms with E-state index in [-0.39, 0.29) is 23.4 Å². The first kappa shape index (κ1) is 16.2. The van der Waals surface area contributed by atoms with Gasteiger partial charge >= 0.3 is 11.9 Å². The van der Waals surface area contributed by atoms with E-state index in [1.54, 1.807) is 6.92 Å². The average molecular weight is 324 g/mol. The summed E-state index contributed by atoms with van der Waals surface area (Å²) in [5.74, 6) is -1.45. The van der Waals surface area contributed by atoms with E-state index >= 15 is 0 Å². The molecule has 0 aromatic carbocycles. The van der Waals surface area contributed by atoms with Crippen LogP contribution in [0.2, 0.25) is 0 Å². The average Bonchev–Trinajstić information content (AvgIpc) is 2.78. The fourth-order valence-electron chi connectivity index (χ4n) is 2.35. The molecule has 0 aliphatic carbocycles. The second-order valence-electron chi connectivity index (χ2n) is 4.88. The SMILES string of the molecule is CCc1nc2sc(C(=O)O)c(C)c2c(=O)n1CCCC(=O)O. The lowest BCUT2D eigenvalue weighted by molar-refractivity contribution is -0.137. The number of hydrogen-bond acceptors (Lipinski definition) is 5. The van der Waals surface area contributed by atoms with Gasteiger partial charge in [-0.25, -0.2) is 9.78 Å². The fourth-order valence-corrected chi connectivity index (χ4v) is 3.38. The van der Waals surface area contributed by atoms with E-state index in [9.17, 15) is 14.4 Å². The van der Waals surface area contributed by atoms with Gasteiger partial charge in [0.2, 0.25) is 0 Å². The predicted octanol–water partition coefficient (Wildman–Crippen LogP) is 1.89. The molecular weight excluding hydrogens is 308 g/mol. The van der Waals surface area contributed by atoms with Gasteiger partial charge < -0.3 is 10.2 Å². The first-order chi connectivity index (χ1) is 10.4. The van der Waals surface area contributed by atoms with Crippen molar-refractivity contribution in [2.45, 2.75) is 39.7 Å². The molecule has 0 unspecified atom stereocenters. The number of fused-ring (bicyclic) bond motifs is 1. The second-order valence-corrected chi connectivity index (χ2v) is 5.88. The van der Waals surface area contributed by atoms with E-state index < -0.39 is 11.9 Å². The quantitative estimate of drug-likeness (QED) is 0.839. The summed E-state index contributed by atoms with van der Waals surface area (Å²) in [5, 5.41) is 18.2. The number of rotatable bonds is 6. The Kier molecular flexibility index (Phi) is 4.60. The van der Waals surface area contributed by atoms with Crippen molar-refractivity contribution in [3.8, 4) is 0 Å². The Morgan fingerprint density at radius 2 is 2.00 bits per heavy atom. The third-order valence-electron chi connectivity index (χ3n) is 3.41. The first-order valence-corrected chi connectivity index (χ1v) is 7.66. The Hall–Kier alpha value is -2.22. The van der Waals surface area contributed by atoms with Gasteiger partial charge in [-0.3, -0.25) is 14.2 Å². The van der Waals surface area contributed by atoms with Crippen molar-refractivity contribution in [2.75, 3.05) is 0 Å². The van der Waals surface area contributed by atoms with E-state index in [4.69, 9.17) is 10.2 Å². The highest BCUT2D eigenvalue weighted by Gasteiger charge is 2.20. The number of thiophene rings is 1. The maximum absolute atomic E-state index is 12.6. The van der Waals surface area contributed by atoms with Gasteiger partial charge in [0, 0.05) is 19.4 Å². The van der Waals surface area contributed by atoms with Crippen molar-refractivity contribution in [3.05, 3.63) is 26.6 Å². The second kappa shape index (κ2) is 6.27. The Balaban J connectivity index is 2.58. The molecule has 0 spiro atoms. The number of carbonyl (C=O) groups is 2. The maximum atomic E-state index is 12.6. The highest BCUT2D eigenvalue weighted by Crippen LogP contribution is 2.27. The zero-order valence-corrected chi connectivity index (χ0v) is 13.1. The molecular formula is C14H16N2O5S. The maximum Gasteiger partial charge on any atom is 0.346 e. The first-order valence-electron chi connectivity index (χ1n) is 6.84. The number of carboxylic acids is 2. The zero-order valence-electron chi connectivity index (χ0n) is 12.3. The number of carboxylic acid groups (broad SMARTS) is 2. The molecule has 8 heteroatoms. The molecule has 2 aromatic heterocycles. The van der Waals surface area contributed by atoms with Gasteiger partial charge in [-0.2, -0.15) is 0 Å². The van der Waals surface area contributed by atoms with Crippen LogP contribution >= 0.6 is 11.3 Å². The number of aliphatic carboxylic acids is 1. The fraction of sp³-hybridized carbons (Fsp3) is 0.429. The van der Waals surface area contributed by atoms with Gasteiger partial charge in [0.05, 0.1) is 5.39 Å². The van der Waals surface area contributed by atoms with Crippen LogP contribution in [-0.4, -0.2) is 31.7 Å². The van der Waals surface area contributed by atoms with Gasteiger partial charge in [-0.1, -0.05) is 6.92 Å². The Bertz CT molecular complexity index is 806. The number of nitrogens with zero attached hydrogens (tertiary/aromatic N) is 2. The van der Waals surface area contributed by atoms with Gasteiger partial charge in [0.15, 0.2) is 0 Å². The van der Waals surface area contributed by atoms with Crippen LogP contribution in [0.4, 0.5) is 0 Å². The molecule has 2 rings (SSSR count). The summed E-state index contributed by atoms with van der Waals surface area (Å²) in [4.78, 5) is 39.4. The van der Waals surface area contributed by atoms with Crippen LogP contribution in [0.25, 0.3) is 10.2 Å². The molecule has 0 atom stereocenters. The van der Waals surface area contributed by atoms with Crippen LogP contribution in [0.1, 0.15) is 40.8 Å². The number of hydrogen-bond donors (Lipinski definition) is 2. The minimum Gasteiger partial charge on any atom is -0.481 e. The monoisotopic (exact) mass is 324 g/mol. The molecule has 0 radical (unpaired) electrons. The van der Waals surface area contributed by atoms with Crippen LogP contribution in [0.3, 0.4) is 0 Å². The smallest absolute Gasteiger partial charge is 0.346 e. The largest absolute Gasteiger partial charge is 0.481 e. The summed E-state index contributed by atoms with van der Waals surface area (Å²) in [6.07, 6.45) is 0.804. The van der Waals surface area contributed by atoms with Gasteiger partial charge in [-0.05, 0) is 18.9 Å². The van der Waals surface area contributed by atoms with Crippen molar-refractivity contribution in [2.24, 2.45) is 0 Å². The van der Waals surface area contributed by atoms with Crippen LogP contribution in [0.5, 0.6) is 0 Å². The molecule has 0 amide bonds. The van der Waals surface area contributed by atoms with E-state index in [2.05, 4.69) is 4.98 Å². The number of aryl methyl sites for hydroxylation is 2. The highest BCUT2D eigenvalue weighted by atomic mass is 32.1. The molecule has 22 heavy (non-hydrogen) atoms. The third-order valence-corrected chi connectivity index (χ3v) is 4.59. The molecule has 0 aliphatic rings. The standard InChI is InChI=1S/C14H16N2O5S/c1-3-8-15-12-10(7(2)11(22-12)14(20)21)13(19)16(8)6-4-5-9(17)18/h3-6H2,1-2H3,(H,17,18)(H,20,21).